The second-order valence-corrected chi connectivity index (χ2v) is 2.12. The maximum absolute atomic E-state index is 9.01. The van der Waals surface area contributed by atoms with E-state index in [-0.39, 0.29) is 19.8 Å². The Morgan fingerprint density at radius 2 is 0.571 bits per heavy atom. The van der Waals surface area contributed by atoms with Gasteiger partial charge in [-0.15, -0.1) is 0 Å². The smallest absolute Gasteiger partial charge is 0.548 e. The SMILES string of the molecule is O=C([O-])CO.O=C([O-])CO.O=C([O-])CO.O=C([O-])CO.[Os+4]. The van der Waals surface area contributed by atoms with Crippen LogP contribution in [-0.4, -0.2) is 70.7 Å². The molecule has 0 fully saturated rings. The van der Waals surface area contributed by atoms with E-state index in [4.69, 9.17) is 60.0 Å². The number of aliphatic hydroxyl groups is 4. The maximum atomic E-state index is 9.01. The summed E-state index contributed by atoms with van der Waals surface area (Å²) in [5.74, 6) is -5.76. The molecular weight excluding hydrogens is 478 g/mol. The Balaban J connectivity index is -0.0000000533. The largest absolute Gasteiger partial charge is 4.00 e. The minimum atomic E-state index is -1.44. The van der Waals surface area contributed by atoms with Crippen LogP contribution < -0.4 is 20.4 Å². The number of carboxylic acids is 4. The Bertz CT molecular complexity index is 222. The molecule has 0 spiro atoms. The molecule has 0 radical (unpaired) electrons. The average molecular weight is 490 g/mol. The topological polar surface area (TPSA) is 241 Å². The predicted octanol–water partition coefficient (Wildman–Crippen LogP) is -9.09. The van der Waals surface area contributed by atoms with Gasteiger partial charge in [-0.25, -0.2) is 0 Å². The number of hydrogen-bond acceptors (Lipinski definition) is 12. The van der Waals surface area contributed by atoms with E-state index in [1.54, 1.807) is 0 Å². The Morgan fingerprint density at radius 3 is 0.571 bits per heavy atom. The summed E-state index contributed by atoms with van der Waals surface area (Å²) >= 11 is 0. The van der Waals surface area contributed by atoms with Crippen LogP contribution in [0.15, 0.2) is 0 Å². The molecule has 0 bridgehead atoms. The van der Waals surface area contributed by atoms with Gasteiger partial charge in [0.05, 0.1) is 50.3 Å². The van der Waals surface area contributed by atoms with E-state index in [0.29, 0.717) is 0 Å². The quantitative estimate of drug-likeness (QED) is 0.287. The molecular formula is C8H12O12Os. The third kappa shape index (κ3) is 122. The van der Waals surface area contributed by atoms with Gasteiger partial charge in [0.2, 0.25) is 0 Å². The van der Waals surface area contributed by atoms with Crippen molar-refractivity contribution < 1.29 is 79.8 Å². The van der Waals surface area contributed by atoms with Crippen molar-refractivity contribution in [2.24, 2.45) is 0 Å². The van der Waals surface area contributed by atoms with Crippen LogP contribution in [-0.2, 0) is 39.0 Å². The van der Waals surface area contributed by atoms with Gasteiger partial charge in [-0.2, -0.15) is 0 Å². The number of carboxylic acid groups (broad SMARTS) is 4. The summed E-state index contributed by atoms with van der Waals surface area (Å²) in [5.41, 5.74) is 0. The number of carbonyl (C=O) groups is 4. The second-order valence-electron chi connectivity index (χ2n) is 2.12. The molecule has 0 unspecified atom stereocenters. The zero-order chi connectivity index (χ0) is 17.1. The van der Waals surface area contributed by atoms with Gasteiger partial charge in [0, 0.05) is 0 Å². The monoisotopic (exact) mass is 492 g/mol. The summed E-state index contributed by atoms with van der Waals surface area (Å²) in [6.07, 6.45) is 0. The van der Waals surface area contributed by atoms with Crippen molar-refractivity contribution in [3.05, 3.63) is 0 Å². The summed E-state index contributed by atoms with van der Waals surface area (Å²) in [7, 11) is 0. The van der Waals surface area contributed by atoms with Crippen LogP contribution in [0.4, 0.5) is 0 Å². The number of hydrogen-bond donors (Lipinski definition) is 4. The fourth-order valence-electron chi connectivity index (χ4n) is 0. The van der Waals surface area contributed by atoms with Gasteiger partial charge in [0.15, 0.2) is 0 Å². The fraction of sp³-hybridized carbons (Fsp3) is 0.500. The van der Waals surface area contributed by atoms with Gasteiger partial charge >= 0.3 is 19.8 Å². The zero-order valence-corrected chi connectivity index (χ0v) is 12.8. The third-order valence-corrected chi connectivity index (χ3v) is 0.516. The van der Waals surface area contributed by atoms with Crippen molar-refractivity contribution in [3.63, 3.8) is 0 Å². The van der Waals surface area contributed by atoms with Crippen LogP contribution in [0.2, 0.25) is 0 Å². The third-order valence-electron chi connectivity index (χ3n) is 0.516. The summed E-state index contributed by atoms with van der Waals surface area (Å²) < 4.78 is 0. The van der Waals surface area contributed by atoms with Gasteiger partial charge < -0.3 is 60.0 Å². The van der Waals surface area contributed by atoms with E-state index < -0.39 is 50.3 Å². The van der Waals surface area contributed by atoms with E-state index in [0.717, 1.165) is 0 Å². The maximum Gasteiger partial charge on any atom is 4.00 e. The van der Waals surface area contributed by atoms with Crippen LogP contribution in [0.25, 0.3) is 0 Å². The molecule has 124 valence electrons. The molecule has 0 aromatic rings. The van der Waals surface area contributed by atoms with Crippen molar-refractivity contribution in [1.29, 1.82) is 0 Å². The molecule has 0 heterocycles. The molecule has 0 aliphatic carbocycles. The van der Waals surface area contributed by atoms with Crippen molar-refractivity contribution in [3.8, 4) is 0 Å². The first-order valence-corrected chi connectivity index (χ1v) is 4.31. The molecule has 4 N–H and O–H groups in total. The van der Waals surface area contributed by atoms with Crippen molar-refractivity contribution in [2.75, 3.05) is 26.4 Å². The van der Waals surface area contributed by atoms with Gasteiger partial charge in [-0.3, -0.25) is 0 Å². The predicted molar refractivity (Wildman–Crippen MR) is 48.4 cm³/mol. The number of carbonyl (C=O) groups excluding carboxylic acids is 4. The number of aliphatic hydroxyl groups excluding tert-OH is 4. The standard InChI is InChI=1S/4C2H4O3.Os/c4*3-1-2(4)5;/h4*3H,1H2,(H,4,5);/q;;;;+4/p-4. The normalized spacial score (nSPS) is 7.05. The molecule has 0 aromatic carbocycles. The molecule has 0 saturated carbocycles. The first-order chi connectivity index (χ1) is 9.08. The van der Waals surface area contributed by atoms with E-state index in [2.05, 4.69) is 0 Å². The minimum absolute atomic E-state index is 0. The van der Waals surface area contributed by atoms with Gasteiger partial charge in [-0.05, 0) is 0 Å². The second kappa shape index (κ2) is 26.8. The van der Waals surface area contributed by atoms with Crippen molar-refractivity contribution >= 4 is 23.9 Å². The van der Waals surface area contributed by atoms with Gasteiger partial charge in [0.25, 0.3) is 0 Å². The van der Waals surface area contributed by atoms with Crippen molar-refractivity contribution in [2.45, 2.75) is 0 Å². The molecule has 0 saturated heterocycles. The fourth-order valence-corrected chi connectivity index (χ4v) is 0. The van der Waals surface area contributed by atoms with E-state index in [9.17, 15) is 0 Å². The molecule has 12 nitrogen and oxygen atoms in total. The number of aliphatic carboxylic acids is 4. The molecule has 13 heteroatoms. The Labute approximate surface area is 130 Å². The van der Waals surface area contributed by atoms with Crippen LogP contribution in [0.5, 0.6) is 0 Å². The summed E-state index contributed by atoms with van der Waals surface area (Å²) in [6, 6.07) is 0. The summed E-state index contributed by atoms with van der Waals surface area (Å²) in [4.78, 5) is 36.0. The van der Waals surface area contributed by atoms with Gasteiger partial charge in [-0.1, -0.05) is 0 Å². The van der Waals surface area contributed by atoms with Crippen molar-refractivity contribution in [1.82, 2.24) is 0 Å². The Morgan fingerprint density at radius 1 is 0.524 bits per heavy atom. The molecule has 0 rings (SSSR count). The van der Waals surface area contributed by atoms with E-state index in [1.807, 2.05) is 0 Å². The molecule has 0 amide bonds. The van der Waals surface area contributed by atoms with Crippen LogP contribution in [0.3, 0.4) is 0 Å². The summed E-state index contributed by atoms with van der Waals surface area (Å²) in [5, 5.41) is 66.0. The first kappa shape index (κ1) is 31.6. The van der Waals surface area contributed by atoms with Crippen LogP contribution in [0, 0.1) is 0 Å². The Hall–Kier alpha value is -1.64. The molecule has 0 aliphatic heterocycles. The Kier molecular flexibility index (Phi) is 40.4. The number of rotatable bonds is 4. The van der Waals surface area contributed by atoms with Gasteiger partial charge in [0.1, 0.15) is 0 Å². The molecule has 0 aromatic heterocycles. The summed E-state index contributed by atoms with van der Waals surface area (Å²) in [6.45, 7) is -3.56. The van der Waals surface area contributed by atoms with E-state index >= 15 is 0 Å². The molecule has 21 heavy (non-hydrogen) atoms. The van der Waals surface area contributed by atoms with Crippen LogP contribution in [0.1, 0.15) is 0 Å². The zero-order valence-electron chi connectivity index (χ0n) is 10.2. The molecule has 0 atom stereocenters. The van der Waals surface area contributed by atoms with Crippen LogP contribution >= 0.6 is 0 Å². The minimum Gasteiger partial charge on any atom is -0.548 e. The average Bonchev–Trinajstić information content (AvgIpc) is 2.40. The first-order valence-electron chi connectivity index (χ1n) is 4.31. The molecule has 0 aliphatic rings. The van der Waals surface area contributed by atoms with E-state index in [1.165, 1.54) is 0 Å².